The molecule has 4 rings (SSSR count). The summed E-state index contributed by atoms with van der Waals surface area (Å²) in [6.45, 7) is -0.486. The number of halogens is 3. The zero-order valence-corrected chi connectivity index (χ0v) is 18.1. The van der Waals surface area contributed by atoms with Crippen molar-refractivity contribution in [2.24, 2.45) is 0 Å². The summed E-state index contributed by atoms with van der Waals surface area (Å²) in [6, 6.07) is 1.75. The van der Waals surface area contributed by atoms with Gasteiger partial charge in [0, 0.05) is 16.5 Å². The summed E-state index contributed by atoms with van der Waals surface area (Å²) in [4.78, 5) is 4.61. The van der Waals surface area contributed by atoms with Gasteiger partial charge in [-0.3, -0.25) is 0 Å². The Morgan fingerprint density at radius 1 is 1.23 bits per heavy atom. The Morgan fingerprint density at radius 2 is 1.97 bits per heavy atom. The third-order valence-electron chi connectivity index (χ3n) is 4.53. The van der Waals surface area contributed by atoms with Crippen molar-refractivity contribution in [1.29, 1.82) is 0 Å². The molecule has 1 fully saturated rings. The third kappa shape index (κ3) is 4.21. The van der Waals surface area contributed by atoms with E-state index < -0.39 is 42.2 Å². The number of benzene rings is 1. The van der Waals surface area contributed by atoms with Crippen molar-refractivity contribution in [2.75, 3.05) is 6.61 Å². The predicted octanol–water partition coefficient (Wildman–Crippen LogP) is 2.62. The summed E-state index contributed by atoms with van der Waals surface area (Å²) in [5.74, 6) is -0.744. The van der Waals surface area contributed by atoms with Gasteiger partial charge in [0.15, 0.2) is 5.82 Å². The van der Waals surface area contributed by atoms with Gasteiger partial charge in [-0.05, 0) is 12.1 Å². The van der Waals surface area contributed by atoms with E-state index in [-0.39, 0.29) is 10.0 Å². The summed E-state index contributed by atoms with van der Waals surface area (Å²) in [5.41, 5.74) is -0.446. The van der Waals surface area contributed by atoms with Crippen molar-refractivity contribution in [3.05, 3.63) is 45.8 Å². The molecule has 1 aromatic carbocycles. The van der Waals surface area contributed by atoms with Gasteiger partial charge in [-0.2, -0.15) is 0 Å². The number of hydrogen-bond acceptors (Lipinski definition) is 9. The molecule has 30 heavy (non-hydrogen) atoms. The number of hydrogen-bond donors (Lipinski definition) is 3. The van der Waals surface area contributed by atoms with Gasteiger partial charge < -0.3 is 20.1 Å². The lowest BCUT2D eigenvalue weighted by molar-refractivity contribution is -0.178. The molecule has 160 valence electrons. The second-order valence-electron chi connectivity index (χ2n) is 6.44. The quantitative estimate of drug-likeness (QED) is 0.465. The molecule has 1 aliphatic rings. The van der Waals surface area contributed by atoms with Gasteiger partial charge in [0.1, 0.15) is 40.5 Å². The van der Waals surface area contributed by atoms with E-state index in [0.717, 1.165) is 11.8 Å². The highest BCUT2D eigenvalue weighted by Crippen LogP contribution is 2.40. The Bertz CT molecular complexity index is 1000. The topological polar surface area (TPSA) is 114 Å². The summed E-state index contributed by atoms with van der Waals surface area (Å²) in [5, 5.41) is 41.4. The number of aliphatic hydroxyl groups is 3. The van der Waals surface area contributed by atoms with Crippen molar-refractivity contribution in [3.8, 4) is 10.7 Å². The molecule has 0 spiro atoms. The van der Waals surface area contributed by atoms with E-state index in [2.05, 4.69) is 15.3 Å². The molecule has 3 heterocycles. The smallest absolute Gasteiger partial charge is 0.160 e. The molecular weight excluding hydrogens is 478 g/mol. The summed E-state index contributed by atoms with van der Waals surface area (Å²) in [6.07, 6.45) is -0.308. The first-order valence-electron chi connectivity index (χ1n) is 8.64. The van der Waals surface area contributed by atoms with Crippen LogP contribution in [0.2, 0.25) is 10.0 Å². The lowest BCUT2D eigenvalue weighted by Crippen LogP contribution is -2.55. The van der Waals surface area contributed by atoms with Crippen molar-refractivity contribution in [1.82, 2.24) is 20.0 Å². The molecule has 8 nitrogen and oxygen atoms in total. The fourth-order valence-corrected chi connectivity index (χ4v) is 5.42. The molecule has 3 N–H and O–H groups in total. The SMILES string of the molecule is OCC1O[C@H](Sc2cc(Cl)c(F)c(Cl)c2)C(O)[C@@H](n2cc(-c3nccs3)nn2)[C@H]1O. The van der Waals surface area contributed by atoms with E-state index >= 15 is 0 Å². The van der Waals surface area contributed by atoms with Crippen LogP contribution in [0.25, 0.3) is 10.7 Å². The molecule has 2 aromatic heterocycles. The highest BCUT2D eigenvalue weighted by Gasteiger charge is 2.46. The number of rotatable bonds is 5. The monoisotopic (exact) mass is 492 g/mol. The van der Waals surface area contributed by atoms with Crippen LogP contribution in [0.3, 0.4) is 0 Å². The molecule has 5 atom stereocenters. The van der Waals surface area contributed by atoms with Gasteiger partial charge in [0.2, 0.25) is 0 Å². The number of aliphatic hydroxyl groups excluding tert-OH is 3. The van der Waals surface area contributed by atoms with Crippen LogP contribution in [0.4, 0.5) is 4.39 Å². The van der Waals surface area contributed by atoms with Crippen molar-refractivity contribution in [3.63, 3.8) is 0 Å². The van der Waals surface area contributed by atoms with Crippen LogP contribution in [-0.2, 0) is 4.74 Å². The van der Waals surface area contributed by atoms with Gasteiger partial charge >= 0.3 is 0 Å². The minimum Gasteiger partial charge on any atom is -0.394 e. The molecule has 0 aliphatic carbocycles. The average Bonchev–Trinajstić information content (AvgIpc) is 3.40. The number of aromatic nitrogens is 4. The first-order valence-corrected chi connectivity index (χ1v) is 11.2. The normalized spacial score (nSPS) is 26.8. The van der Waals surface area contributed by atoms with E-state index in [1.54, 1.807) is 17.8 Å². The highest BCUT2D eigenvalue weighted by molar-refractivity contribution is 7.99. The minimum atomic E-state index is -1.26. The standard InChI is InChI=1S/C17H15Cl2FN4O4S2/c18-8-3-7(4-9(19)12(8)20)30-17-15(27)13(14(26)11(6-25)28-17)24-5-10(22-23-24)16-21-1-2-29-16/h1-5,11,13-15,17,25-27H,6H2/t11?,13-,14-,15?,17+/m0/s1. The third-order valence-corrected chi connectivity index (χ3v) is 7.00. The Kier molecular flexibility index (Phi) is 6.61. The fourth-order valence-electron chi connectivity index (χ4n) is 3.08. The Balaban J connectivity index is 1.62. The molecule has 1 saturated heterocycles. The van der Waals surface area contributed by atoms with Crippen LogP contribution < -0.4 is 0 Å². The van der Waals surface area contributed by atoms with Crippen molar-refractivity contribution < 1.29 is 24.4 Å². The zero-order chi connectivity index (χ0) is 21.4. The van der Waals surface area contributed by atoms with Crippen LogP contribution in [0.1, 0.15) is 6.04 Å². The van der Waals surface area contributed by atoms with Crippen LogP contribution in [0.5, 0.6) is 0 Å². The average molecular weight is 493 g/mol. The number of thioether (sulfide) groups is 1. The highest BCUT2D eigenvalue weighted by atomic mass is 35.5. The summed E-state index contributed by atoms with van der Waals surface area (Å²) < 4.78 is 20.7. The van der Waals surface area contributed by atoms with E-state index in [1.807, 2.05) is 0 Å². The molecule has 13 heteroatoms. The Labute approximate surface area is 188 Å². The van der Waals surface area contributed by atoms with Gasteiger partial charge in [-0.1, -0.05) is 40.2 Å². The number of thiazole rings is 1. The van der Waals surface area contributed by atoms with E-state index in [4.69, 9.17) is 27.9 Å². The largest absolute Gasteiger partial charge is 0.394 e. The molecule has 0 bridgehead atoms. The first kappa shape index (κ1) is 21.9. The van der Waals surface area contributed by atoms with Gasteiger partial charge in [-0.25, -0.2) is 14.1 Å². The maximum atomic E-state index is 13.7. The second kappa shape index (κ2) is 9.05. The predicted molar refractivity (Wildman–Crippen MR) is 110 cm³/mol. The summed E-state index contributed by atoms with van der Waals surface area (Å²) >= 11 is 14.1. The van der Waals surface area contributed by atoms with E-state index in [9.17, 15) is 19.7 Å². The molecular formula is C17H15Cl2FN4O4S2. The Morgan fingerprint density at radius 3 is 2.60 bits per heavy atom. The fraction of sp³-hybridized carbons (Fsp3) is 0.353. The molecule has 0 amide bonds. The molecule has 0 saturated carbocycles. The van der Waals surface area contributed by atoms with Gasteiger partial charge in [-0.15, -0.1) is 16.4 Å². The number of nitrogens with zero attached hydrogens (tertiary/aromatic N) is 4. The van der Waals surface area contributed by atoms with Gasteiger partial charge in [0.25, 0.3) is 0 Å². The maximum Gasteiger partial charge on any atom is 0.160 e. The van der Waals surface area contributed by atoms with Crippen LogP contribution in [0, 0.1) is 5.82 Å². The van der Waals surface area contributed by atoms with Crippen LogP contribution >= 0.6 is 46.3 Å². The molecule has 0 radical (unpaired) electrons. The molecule has 3 aromatic rings. The lowest BCUT2D eigenvalue weighted by Gasteiger charge is -2.41. The molecule has 1 aliphatic heterocycles. The maximum absolute atomic E-state index is 13.7. The first-order chi connectivity index (χ1) is 14.4. The molecule has 2 unspecified atom stereocenters. The summed E-state index contributed by atoms with van der Waals surface area (Å²) in [7, 11) is 0. The zero-order valence-electron chi connectivity index (χ0n) is 15.0. The van der Waals surface area contributed by atoms with Crippen LogP contribution in [-0.4, -0.2) is 65.7 Å². The van der Waals surface area contributed by atoms with Crippen molar-refractivity contribution in [2.45, 2.75) is 34.7 Å². The van der Waals surface area contributed by atoms with Crippen LogP contribution in [0.15, 0.2) is 34.8 Å². The number of ether oxygens (including phenoxy) is 1. The Hall–Kier alpha value is -1.31. The minimum absolute atomic E-state index is 0.171. The van der Waals surface area contributed by atoms with Crippen molar-refractivity contribution >= 4 is 46.3 Å². The van der Waals surface area contributed by atoms with E-state index in [0.29, 0.717) is 15.6 Å². The van der Waals surface area contributed by atoms with E-state index in [1.165, 1.54) is 28.2 Å². The second-order valence-corrected chi connectivity index (χ2v) is 9.32. The lowest BCUT2D eigenvalue weighted by atomic mass is 9.97. The van der Waals surface area contributed by atoms with Gasteiger partial charge in [0.05, 0.1) is 22.8 Å².